The van der Waals surface area contributed by atoms with E-state index in [1.165, 1.54) is 24.1 Å². The lowest BCUT2D eigenvalue weighted by Crippen LogP contribution is -2.32. The maximum atomic E-state index is 13.6. The van der Waals surface area contributed by atoms with Gasteiger partial charge in [0.25, 0.3) is 0 Å². The highest BCUT2D eigenvalue weighted by Crippen LogP contribution is 2.37. The number of carbonyl (C=O) groups is 2. The second-order valence-electron chi connectivity index (χ2n) is 9.82. The molecular formula is C28H37F2N3O2. The third kappa shape index (κ3) is 7.59. The molecule has 1 saturated heterocycles. The van der Waals surface area contributed by atoms with E-state index >= 15 is 0 Å². The number of halogens is 2. The molecule has 2 amide bonds. The Labute approximate surface area is 207 Å². The summed E-state index contributed by atoms with van der Waals surface area (Å²) in [6.07, 6.45) is 5.97. The van der Waals surface area contributed by atoms with Crippen molar-refractivity contribution in [1.29, 1.82) is 0 Å². The molecule has 0 aromatic heterocycles. The van der Waals surface area contributed by atoms with E-state index in [0.29, 0.717) is 24.1 Å². The Morgan fingerprint density at radius 3 is 2.34 bits per heavy atom. The molecule has 1 saturated carbocycles. The largest absolute Gasteiger partial charge is 0.352 e. The van der Waals surface area contributed by atoms with Crippen molar-refractivity contribution in [3.05, 3.63) is 70.8 Å². The summed E-state index contributed by atoms with van der Waals surface area (Å²) >= 11 is 0. The molecule has 2 fully saturated rings. The Bertz CT molecular complexity index is 990. The predicted octanol–water partition coefficient (Wildman–Crippen LogP) is 4.82. The highest BCUT2D eigenvalue weighted by Gasteiger charge is 2.28. The fourth-order valence-corrected chi connectivity index (χ4v) is 5.17. The van der Waals surface area contributed by atoms with Crippen LogP contribution in [0.15, 0.2) is 42.5 Å². The topological polar surface area (TPSA) is 52.7 Å². The van der Waals surface area contributed by atoms with Crippen LogP contribution in [-0.2, 0) is 16.1 Å². The average Bonchev–Trinajstić information content (AvgIpc) is 3.34. The van der Waals surface area contributed by atoms with Gasteiger partial charge in [-0.05, 0) is 80.8 Å². The van der Waals surface area contributed by atoms with Crippen molar-refractivity contribution >= 4 is 12.3 Å². The second kappa shape index (κ2) is 12.8. The molecule has 7 heteroatoms. The van der Waals surface area contributed by atoms with Crippen molar-refractivity contribution in [2.45, 2.75) is 63.5 Å². The van der Waals surface area contributed by atoms with E-state index in [1.54, 1.807) is 6.07 Å². The van der Waals surface area contributed by atoms with Gasteiger partial charge >= 0.3 is 0 Å². The number of piperidine rings is 1. The fourth-order valence-electron chi connectivity index (χ4n) is 5.17. The molecular weight excluding hydrogens is 448 g/mol. The highest BCUT2D eigenvalue weighted by molar-refractivity contribution is 5.72. The number of hydrogen-bond donors (Lipinski definition) is 1. The van der Waals surface area contributed by atoms with Gasteiger partial charge in [-0.2, -0.15) is 0 Å². The van der Waals surface area contributed by atoms with E-state index in [1.807, 2.05) is 31.1 Å². The Kier molecular flexibility index (Phi) is 9.78. The summed E-state index contributed by atoms with van der Waals surface area (Å²) in [6.45, 7) is 3.76. The van der Waals surface area contributed by atoms with Gasteiger partial charge in [0, 0.05) is 38.7 Å². The maximum Gasteiger partial charge on any atom is 0.217 e. The molecule has 2 atom stereocenters. The Balaban J connectivity index is 0.000000198. The van der Waals surface area contributed by atoms with Crippen LogP contribution in [0, 0.1) is 11.6 Å². The number of likely N-dealkylation sites (tertiary alicyclic amines) is 1. The Hall–Kier alpha value is -2.80. The van der Waals surface area contributed by atoms with Gasteiger partial charge in [0.2, 0.25) is 12.3 Å². The van der Waals surface area contributed by atoms with Gasteiger partial charge in [-0.15, -0.1) is 0 Å². The van der Waals surface area contributed by atoms with Crippen LogP contribution in [0.4, 0.5) is 8.78 Å². The minimum absolute atomic E-state index is 0.00872. The van der Waals surface area contributed by atoms with Crippen molar-refractivity contribution in [3.8, 4) is 0 Å². The van der Waals surface area contributed by atoms with Crippen LogP contribution in [0.1, 0.15) is 67.6 Å². The molecule has 190 valence electrons. The monoisotopic (exact) mass is 485 g/mol. The van der Waals surface area contributed by atoms with E-state index in [4.69, 9.17) is 0 Å². The van der Waals surface area contributed by atoms with Gasteiger partial charge in [0.05, 0.1) is 0 Å². The molecule has 2 aliphatic rings. The van der Waals surface area contributed by atoms with E-state index in [2.05, 4.69) is 22.3 Å². The lowest BCUT2D eigenvalue weighted by atomic mass is 9.86. The van der Waals surface area contributed by atoms with Crippen LogP contribution < -0.4 is 5.32 Å². The minimum Gasteiger partial charge on any atom is -0.352 e. The molecule has 0 spiro atoms. The molecule has 1 aliphatic heterocycles. The van der Waals surface area contributed by atoms with Crippen LogP contribution in [0.2, 0.25) is 0 Å². The summed E-state index contributed by atoms with van der Waals surface area (Å²) in [4.78, 5) is 25.8. The lowest BCUT2D eigenvalue weighted by molar-refractivity contribution is -0.120. The molecule has 2 aromatic rings. The first-order chi connectivity index (χ1) is 16.8. The van der Waals surface area contributed by atoms with Crippen molar-refractivity contribution in [3.63, 3.8) is 0 Å². The van der Waals surface area contributed by atoms with E-state index in [-0.39, 0.29) is 11.8 Å². The molecule has 1 heterocycles. The smallest absolute Gasteiger partial charge is 0.217 e. The minimum atomic E-state index is -0.497. The molecule has 1 aliphatic carbocycles. The SMILES string of the molecule is CC(=O)NCc1ccccc1C1CCN(C=O)CC1.CN(C)C1CC[C@H](c2ccc(F)cc2F)C1. The number of carbonyl (C=O) groups excluding carboxylic acids is 2. The first-order valence-corrected chi connectivity index (χ1v) is 12.4. The fraction of sp³-hybridized carbons (Fsp3) is 0.500. The maximum absolute atomic E-state index is 13.6. The number of benzene rings is 2. The summed E-state index contributed by atoms with van der Waals surface area (Å²) < 4.78 is 26.4. The van der Waals surface area contributed by atoms with E-state index in [9.17, 15) is 18.4 Å². The highest BCUT2D eigenvalue weighted by atomic mass is 19.1. The van der Waals surface area contributed by atoms with Gasteiger partial charge < -0.3 is 15.1 Å². The van der Waals surface area contributed by atoms with Gasteiger partial charge in [-0.1, -0.05) is 30.3 Å². The number of amides is 2. The molecule has 4 rings (SSSR count). The van der Waals surface area contributed by atoms with Crippen molar-refractivity contribution in [2.24, 2.45) is 0 Å². The standard InChI is InChI=1S/C15H20N2O2.C13H17F2N/c1-12(19)16-10-14-4-2-3-5-15(14)13-6-8-17(11-18)9-7-13;1-16(2)11-5-3-9(7-11)12-6-4-10(14)8-13(12)15/h2-5,11,13H,6-10H2,1H3,(H,16,19);4,6,8-9,11H,3,5,7H2,1-2H3/t;9-,11?/m.0/s1. The van der Waals surface area contributed by atoms with Gasteiger partial charge in [-0.25, -0.2) is 8.78 Å². The summed E-state index contributed by atoms with van der Waals surface area (Å²) in [6, 6.07) is 12.7. The average molecular weight is 486 g/mol. The van der Waals surface area contributed by atoms with Gasteiger partial charge in [0.15, 0.2) is 0 Å². The van der Waals surface area contributed by atoms with E-state index < -0.39 is 11.6 Å². The van der Waals surface area contributed by atoms with Crippen LogP contribution in [-0.4, -0.2) is 55.3 Å². The lowest BCUT2D eigenvalue weighted by Gasteiger charge is -2.30. The van der Waals surface area contributed by atoms with Crippen LogP contribution in [0.25, 0.3) is 0 Å². The van der Waals surface area contributed by atoms with Crippen molar-refractivity contribution in [2.75, 3.05) is 27.2 Å². The molecule has 1 unspecified atom stereocenters. The molecule has 0 radical (unpaired) electrons. The second-order valence-corrected chi connectivity index (χ2v) is 9.82. The third-order valence-corrected chi connectivity index (χ3v) is 7.24. The van der Waals surface area contributed by atoms with Gasteiger partial charge in [-0.3, -0.25) is 9.59 Å². The number of nitrogens with one attached hydrogen (secondary N) is 1. The first-order valence-electron chi connectivity index (χ1n) is 12.4. The summed E-state index contributed by atoms with van der Waals surface area (Å²) in [5.74, 6) is -0.174. The zero-order valence-electron chi connectivity index (χ0n) is 21.0. The van der Waals surface area contributed by atoms with E-state index in [0.717, 1.165) is 57.7 Å². The predicted molar refractivity (Wildman–Crippen MR) is 134 cm³/mol. The van der Waals surface area contributed by atoms with Crippen LogP contribution in [0.3, 0.4) is 0 Å². The third-order valence-electron chi connectivity index (χ3n) is 7.24. The molecule has 2 aromatic carbocycles. The molecule has 1 N–H and O–H groups in total. The number of rotatable bonds is 6. The quantitative estimate of drug-likeness (QED) is 0.597. The summed E-state index contributed by atoms with van der Waals surface area (Å²) in [7, 11) is 4.10. The summed E-state index contributed by atoms with van der Waals surface area (Å²) in [5, 5.41) is 2.86. The first kappa shape index (κ1) is 26.8. The van der Waals surface area contributed by atoms with Crippen LogP contribution in [0.5, 0.6) is 0 Å². The molecule has 5 nitrogen and oxygen atoms in total. The number of nitrogens with zero attached hydrogens (tertiary/aromatic N) is 2. The summed E-state index contributed by atoms with van der Waals surface area (Å²) in [5.41, 5.74) is 3.16. The van der Waals surface area contributed by atoms with Crippen molar-refractivity contribution in [1.82, 2.24) is 15.1 Å². The number of hydrogen-bond acceptors (Lipinski definition) is 3. The Morgan fingerprint density at radius 2 is 1.74 bits per heavy atom. The van der Waals surface area contributed by atoms with Gasteiger partial charge in [0.1, 0.15) is 11.6 Å². The zero-order chi connectivity index (χ0) is 25.4. The molecule has 0 bridgehead atoms. The normalized spacial score (nSPS) is 20.3. The Morgan fingerprint density at radius 1 is 1.03 bits per heavy atom. The zero-order valence-corrected chi connectivity index (χ0v) is 21.0. The molecule has 35 heavy (non-hydrogen) atoms. The van der Waals surface area contributed by atoms with Crippen LogP contribution >= 0.6 is 0 Å². The van der Waals surface area contributed by atoms with Crippen molar-refractivity contribution < 1.29 is 18.4 Å².